The molecule has 2 aromatic rings. The first kappa shape index (κ1) is 11.6. The average Bonchev–Trinajstić information content (AvgIpc) is 2.27. The molecule has 0 fully saturated rings. The van der Waals surface area contributed by atoms with Crippen LogP contribution in [0.2, 0.25) is 10.3 Å². The molecular weight excluding hydrogens is 313 g/mol. The monoisotopic (exact) mass is 317 g/mol. The fraction of sp³-hybridized carbons (Fsp3) is 0. The molecule has 0 unspecified atom stereocenters. The van der Waals surface area contributed by atoms with Crippen molar-refractivity contribution < 1.29 is 0 Å². The van der Waals surface area contributed by atoms with E-state index in [1.54, 1.807) is 6.07 Å². The molecule has 16 heavy (non-hydrogen) atoms. The van der Waals surface area contributed by atoms with Crippen LogP contribution in [0.5, 0.6) is 0 Å². The largest absolute Gasteiger partial charge is 0.353 e. The number of hydrogen-bond donors (Lipinski definition) is 1. The van der Waals surface area contributed by atoms with Gasteiger partial charge in [0.05, 0.1) is 5.69 Å². The lowest BCUT2D eigenvalue weighted by Crippen LogP contribution is -1.94. The molecule has 1 aromatic heterocycles. The Bertz CT molecular complexity index is 502. The van der Waals surface area contributed by atoms with Crippen LogP contribution in [0.25, 0.3) is 0 Å². The van der Waals surface area contributed by atoms with Gasteiger partial charge in [-0.15, -0.1) is 10.2 Å². The number of halogens is 3. The molecule has 3 nitrogen and oxygen atoms in total. The van der Waals surface area contributed by atoms with Crippen molar-refractivity contribution in [2.45, 2.75) is 0 Å². The summed E-state index contributed by atoms with van der Waals surface area (Å²) >= 11 is 15.0. The van der Waals surface area contributed by atoms with Crippen LogP contribution in [0.3, 0.4) is 0 Å². The molecule has 2 rings (SSSR count). The van der Waals surface area contributed by atoms with E-state index in [1.165, 1.54) is 0 Å². The third kappa shape index (κ3) is 2.84. The number of benzene rings is 1. The van der Waals surface area contributed by atoms with Crippen LogP contribution in [0, 0.1) is 0 Å². The van der Waals surface area contributed by atoms with Crippen LogP contribution in [-0.4, -0.2) is 10.2 Å². The molecule has 0 spiro atoms. The van der Waals surface area contributed by atoms with E-state index in [2.05, 4.69) is 31.4 Å². The maximum absolute atomic E-state index is 5.87. The highest BCUT2D eigenvalue weighted by atomic mass is 79.9. The predicted molar refractivity (Wildman–Crippen MR) is 69.5 cm³/mol. The summed E-state index contributed by atoms with van der Waals surface area (Å²) in [7, 11) is 0. The molecule has 0 aliphatic rings. The van der Waals surface area contributed by atoms with Crippen molar-refractivity contribution in [1.82, 2.24) is 10.2 Å². The highest BCUT2D eigenvalue weighted by Gasteiger charge is 2.04. The fourth-order valence-corrected chi connectivity index (χ4v) is 1.68. The SMILES string of the molecule is Clc1cc(Nc2ccc(Br)cc2)c(Cl)nn1. The van der Waals surface area contributed by atoms with Gasteiger partial charge >= 0.3 is 0 Å². The first-order valence-corrected chi connectivity index (χ1v) is 5.91. The zero-order chi connectivity index (χ0) is 11.5. The van der Waals surface area contributed by atoms with Crippen molar-refractivity contribution in [3.05, 3.63) is 45.1 Å². The molecule has 82 valence electrons. The van der Waals surface area contributed by atoms with Crippen LogP contribution in [0.15, 0.2) is 34.8 Å². The Labute approximate surface area is 111 Å². The Morgan fingerprint density at radius 2 is 1.75 bits per heavy atom. The standard InChI is InChI=1S/C10H6BrCl2N3/c11-6-1-3-7(4-2-6)14-8-5-9(12)15-16-10(8)13/h1-5H,(H,14,15). The summed E-state index contributed by atoms with van der Waals surface area (Å²) in [6, 6.07) is 9.29. The van der Waals surface area contributed by atoms with Gasteiger partial charge < -0.3 is 5.32 Å². The van der Waals surface area contributed by atoms with E-state index in [1.807, 2.05) is 24.3 Å². The topological polar surface area (TPSA) is 37.8 Å². The Morgan fingerprint density at radius 3 is 2.44 bits per heavy atom. The van der Waals surface area contributed by atoms with E-state index in [-0.39, 0.29) is 5.15 Å². The van der Waals surface area contributed by atoms with Gasteiger partial charge in [0, 0.05) is 16.2 Å². The second-order valence-corrected chi connectivity index (χ2v) is 4.66. The van der Waals surface area contributed by atoms with Crippen molar-refractivity contribution in [1.29, 1.82) is 0 Å². The summed E-state index contributed by atoms with van der Waals surface area (Å²) in [5, 5.41) is 11.0. The molecule has 0 amide bonds. The molecule has 0 bridgehead atoms. The van der Waals surface area contributed by atoms with Gasteiger partial charge in [-0.25, -0.2) is 0 Å². The smallest absolute Gasteiger partial charge is 0.175 e. The summed E-state index contributed by atoms with van der Waals surface area (Å²) in [4.78, 5) is 0. The first-order valence-electron chi connectivity index (χ1n) is 4.36. The van der Waals surface area contributed by atoms with E-state index in [9.17, 15) is 0 Å². The van der Waals surface area contributed by atoms with Crippen LogP contribution in [0.4, 0.5) is 11.4 Å². The van der Waals surface area contributed by atoms with Crippen molar-refractivity contribution in [2.75, 3.05) is 5.32 Å². The summed E-state index contributed by atoms with van der Waals surface area (Å²) in [5.41, 5.74) is 1.53. The zero-order valence-corrected chi connectivity index (χ0v) is 11.0. The molecule has 0 aliphatic heterocycles. The zero-order valence-electron chi connectivity index (χ0n) is 7.92. The molecule has 0 saturated carbocycles. The van der Waals surface area contributed by atoms with Gasteiger partial charge in [-0.1, -0.05) is 39.1 Å². The van der Waals surface area contributed by atoms with Gasteiger partial charge in [-0.05, 0) is 24.3 Å². The van der Waals surface area contributed by atoms with Crippen LogP contribution in [0.1, 0.15) is 0 Å². The Balaban J connectivity index is 2.26. The van der Waals surface area contributed by atoms with Crippen LogP contribution >= 0.6 is 39.1 Å². The van der Waals surface area contributed by atoms with Gasteiger partial charge in [0.2, 0.25) is 0 Å². The fourth-order valence-electron chi connectivity index (χ4n) is 1.13. The molecule has 0 radical (unpaired) electrons. The lowest BCUT2D eigenvalue weighted by molar-refractivity contribution is 1.03. The highest BCUT2D eigenvalue weighted by Crippen LogP contribution is 2.25. The lowest BCUT2D eigenvalue weighted by Gasteiger charge is -2.07. The molecular formula is C10H6BrCl2N3. The number of nitrogens with zero attached hydrogens (tertiary/aromatic N) is 2. The summed E-state index contributed by atoms with van der Waals surface area (Å²) in [6.45, 7) is 0. The lowest BCUT2D eigenvalue weighted by atomic mass is 10.3. The Hall–Kier alpha value is -0.840. The molecule has 0 aliphatic carbocycles. The number of nitrogens with one attached hydrogen (secondary N) is 1. The molecule has 1 heterocycles. The van der Waals surface area contributed by atoms with Gasteiger partial charge in [0.1, 0.15) is 0 Å². The van der Waals surface area contributed by atoms with Gasteiger partial charge in [-0.2, -0.15) is 0 Å². The maximum atomic E-state index is 5.87. The molecule has 6 heteroatoms. The minimum absolute atomic E-state index is 0.285. The van der Waals surface area contributed by atoms with Crippen molar-refractivity contribution >= 4 is 50.5 Å². The summed E-state index contributed by atoms with van der Waals surface area (Å²) in [6.07, 6.45) is 0. The third-order valence-electron chi connectivity index (χ3n) is 1.84. The molecule has 1 aromatic carbocycles. The number of aromatic nitrogens is 2. The quantitative estimate of drug-likeness (QED) is 0.897. The molecule has 1 N–H and O–H groups in total. The van der Waals surface area contributed by atoms with E-state index in [4.69, 9.17) is 23.2 Å². The van der Waals surface area contributed by atoms with E-state index < -0.39 is 0 Å². The van der Waals surface area contributed by atoms with Gasteiger partial charge in [0.15, 0.2) is 10.3 Å². The van der Waals surface area contributed by atoms with E-state index in [0.29, 0.717) is 10.8 Å². The number of anilines is 2. The van der Waals surface area contributed by atoms with E-state index >= 15 is 0 Å². The summed E-state index contributed by atoms with van der Waals surface area (Å²) in [5.74, 6) is 0. The Kier molecular flexibility index (Phi) is 3.63. The van der Waals surface area contributed by atoms with Gasteiger partial charge in [0.25, 0.3) is 0 Å². The second-order valence-electron chi connectivity index (χ2n) is 3.00. The molecule has 0 saturated heterocycles. The van der Waals surface area contributed by atoms with Crippen LogP contribution in [-0.2, 0) is 0 Å². The number of hydrogen-bond acceptors (Lipinski definition) is 3. The van der Waals surface area contributed by atoms with Crippen molar-refractivity contribution in [3.8, 4) is 0 Å². The highest BCUT2D eigenvalue weighted by molar-refractivity contribution is 9.10. The van der Waals surface area contributed by atoms with Crippen molar-refractivity contribution in [2.24, 2.45) is 0 Å². The Morgan fingerprint density at radius 1 is 1.06 bits per heavy atom. The van der Waals surface area contributed by atoms with Crippen molar-refractivity contribution in [3.63, 3.8) is 0 Å². The first-order chi connectivity index (χ1) is 7.65. The van der Waals surface area contributed by atoms with E-state index in [0.717, 1.165) is 10.2 Å². The minimum atomic E-state index is 0.285. The third-order valence-corrected chi connectivity index (χ3v) is 2.83. The molecule has 0 atom stereocenters. The average molecular weight is 319 g/mol. The predicted octanol–water partition coefficient (Wildman–Crippen LogP) is 4.29. The maximum Gasteiger partial charge on any atom is 0.175 e. The summed E-state index contributed by atoms with van der Waals surface area (Å²) < 4.78 is 1.01. The van der Waals surface area contributed by atoms with Gasteiger partial charge in [-0.3, -0.25) is 0 Å². The minimum Gasteiger partial charge on any atom is -0.353 e. The van der Waals surface area contributed by atoms with Crippen LogP contribution < -0.4 is 5.32 Å². The normalized spacial score (nSPS) is 10.2. The number of rotatable bonds is 2. The second kappa shape index (κ2) is 4.99.